The van der Waals surface area contributed by atoms with E-state index in [2.05, 4.69) is 4.90 Å². The number of sulfonamides is 1. The van der Waals surface area contributed by atoms with E-state index in [-0.39, 0.29) is 0 Å². The van der Waals surface area contributed by atoms with Gasteiger partial charge in [0.25, 0.3) is 0 Å². The third-order valence-electron chi connectivity index (χ3n) is 5.62. The van der Waals surface area contributed by atoms with Crippen molar-refractivity contribution in [2.45, 2.75) is 36.3 Å². The molecule has 2 heterocycles. The lowest BCUT2D eigenvalue weighted by atomic mass is 10.0. The molecule has 0 amide bonds. The number of benzene rings is 1. The second-order valence-electron chi connectivity index (χ2n) is 7.29. The highest BCUT2D eigenvalue weighted by molar-refractivity contribution is 7.89. The van der Waals surface area contributed by atoms with E-state index in [4.69, 9.17) is 9.47 Å². The molecule has 1 aliphatic carbocycles. The van der Waals surface area contributed by atoms with E-state index in [1.54, 1.807) is 35.7 Å². The molecule has 0 radical (unpaired) electrons. The maximum absolute atomic E-state index is 13.2. The first-order chi connectivity index (χ1) is 12.0. The molecule has 2 aliphatic heterocycles. The molecule has 2 saturated heterocycles. The van der Waals surface area contributed by atoms with Gasteiger partial charge in [0.1, 0.15) is 11.5 Å². The fraction of sp³-hybridized carbons (Fsp3) is 0.667. The van der Waals surface area contributed by atoms with Gasteiger partial charge in [-0.1, -0.05) is 0 Å². The number of piperidine rings is 1. The second kappa shape index (κ2) is 6.54. The number of methoxy groups -OCH3 is 1. The van der Waals surface area contributed by atoms with Crippen LogP contribution in [0.2, 0.25) is 0 Å². The van der Waals surface area contributed by atoms with Gasteiger partial charge in [0.2, 0.25) is 10.0 Å². The maximum atomic E-state index is 13.2. The minimum atomic E-state index is -3.57. The Bertz CT molecular complexity index is 707. The molecule has 3 aliphatic rings. The van der Waals surface area contributed by atoms with Crippen molar-refractivity contribution >= 4 is 10.0 Å². The Balaban J connectivity index is 1.51. The highest BCUT2D eigenvalue weighted by atomic mass is 32.2. The van der Waals surface area contributed by atoms with Crippen molar-refractivity contribution in [2.75, 3.05) is 39.9 Å². The first-order valence-electron chi connectivity index (χ1n) is 9.07. The van der Waals surface area contributed by atoms with E-state index in [0.717, 1.165) is 38.4 Å². The quantitative estimate of drug-likeness (QED) is 0.797. The molecule has 1 spiro atoms. The van der Waals surface area contributed by atoms with Crippen molar-refractivity contribution in [3.05, 3.63) is 24.3 Å². The largest absolute Gasteiger partial charge is 0.497 e. The third-order valence-corrected chi connectivity index (χ3v) is 7.58. The molecule has 0 unspecified atom stereocenters. The lowest BCUT2D eigenvalue weighted by Crippen LogP contribution is -2.55. The van der Waals surface area contributed by atoms with E-state index >= 15 is 0 Å². The lowest BCUT2D eigenvalue weighted by molar-refractivity contribution is -0.0910. The minimum Gasteiger partial charge on any atom is -0.497 e. The first-order valence-corrected chi connectivity index (χ1v) is 10.5. The van der Waals surface area contributed by atoms with Gasteiger partial charge in [0.15, 0.2) is 0 Å². The Hall–Kier alpha value is -1.15. The Morgan fingerprint density at radius 1 is 1.16 bits per heavy atom. The maximum Gasteiger partial charge on any atom is 0.245 e. The van der Waals surface area contributed by atoms with Crippen molar-refractivity contribution in [2.24, 2.45) is 5.92 Å². The van der Waals surface area contributed by atoms with Crippen LogP contribution < -0.4 is 4.74 Å². The molecule has 0 atom stereocenters. The summed E-state index contributed by atoms with van der Waals surface area (Å²) in [7, 11) is -1.99. The van der Waals surface area contributed by atoms with Crippen LogP contribution in [-0.2, 0) is 14.8 Å². The van der Waals surface area contributed by atoms with E-state index in [1.807, 2.05) is 0 Å². The number of nitrogens with zero attached hydrogens (tertiary/aromatic N) is 2. The molecule has 1 aromatic rings. The fourth-order valence-electron chi connectivity index (χ4n) is 3.95. The zero-order valence-corrected chi connectivity index (χ0v) is 15.5. The molecule has 7 heteroatoms. The van der Waals surface area contributed by atoms with E-state index < -0.39 is 15.7 Å². The fourth-order valence-corrected chi connectivity index (χ4v) is 5.68. The van der Waals surface area contributed by atoms with Gasteiger partial charge in [0.05, 0.1) is 18.6 Å². The van der Waals surface area contributed by atoms with Crippen molar-refractivity contribution in [3.8, 4) is 5.75 Å². The van der Waals surface area contributed by atoms with Crippen LogP contribution in [0.3, 0.4) is 0 Å². The van der Waals surface area contributed by atoms with Crippen LogP contribution in [0.25, 0.3) is 0 Å². The molecule has 0 aromatic heterocycles. The average molecular weight is 366 g/mol. The number of ether oxygens (including phenoxy) is 2. The number of likely N-dealkylation sites (tertiary alicyclic amines) is 1. The van der Waals surface area contributed by atoms with Gasteiger partial charge < -0.3 is 14.4 Å². The molecule has 138 valence electrons. The highest BCUT2D eigenvalue weighted by Gasteiger charge is 2.50. The average Bonchev–Trinajstić information content (AvgIpc) is 3.35. The molecule has 25 heavy (non-hydrogen) atoms. The van der Waals surface area contributed by atoms with E-state index in [9.17, 15) is 8.42 Å². The predicted molar refractivity (Wildman–Crippen MR) is 94.0 cm³/mol. The summed E-state index contributed by atoms with van der Waals surface area (Å²) >= 11 is 0. The zero-order valence-electron chi connectivity index (χ0n) is 14.7. The number of hydrogen-bond donors (Lipinski definition) is 0. The normalized spacial score (nSPS) is 24.7. The SMILES string of the molecule is COc1ccc(S(=O)(=O)N2CCOC23CCN(CC2CC2)CC3)cc1. The second-order valence-corrected chi connectivity index (χ2v) is 9.15. The van der Waals surface area contributed by atoms with Gasteiger partial charge in [-0.15, -0.1) is 0 Å². The molecular formula is C18H26N2O4S. The molecule has 4 rings (SSSR count). The Labute approximate surface area is 149 Å². The number of hydrogen-bond acceptors (Lipinski definition) is 5. The standard InChI is InChI=1S/C18H26N2O4S/c1-23-16-4-6-17(7-5-16)25(21,22)20-12-13-24-18(20)8-10-19(11-9-18)14-15-2-3-15/h4-7,15H,2-3,8-14H2,1H3. The zero-order chi connectivity index (χ0) is 17.5. The molecule has 1 aromatic carbocycles. The van der Waals surface area contributed by atoms with Gasteiger partial charge in [0, 0.05) is 39.0 Å². The summed E-state index contributed by atoms with van der Waals surface area (Å²) in [6.07, 6.45) is 4.18. The lowest BCUT2D eigenvalue weighted by Gasteiger charge is -2.43. The van der Waals surface area contributed by atoms with Crippen LogP contribution >= 0.6 is 0 Å². The third kappa shape index (κ3) is 3.30. The molecule has 0 N–H and O–H groups in total. The van der Waals surface area contributed by atoms with Gasteiger partial charge in [-0.2, -0.15) is 4.31 Å². The summed E-state index contributed by atoms with van der Waals surface area (Å²) in [5.41, 5.74) is -0.668. The van der Waals surface area contributed by atoms with Crippen LogP contribution in [-0.4, -0.2) is 63.2 Å². The van der Waals surface area contributed by atoms with Crippen LogP contribution in [0.4, 0.5) is 0 Å². The summed E-state index contributed by atoms with van der Waals surface area (Å²) < 4.78 is 39.1. The molecule has 0 bridgehead atoms. The van der Waals surface area contributed by atoms with Gasteiger partial charge >= 0.3 is 0 Å². The van der Waals surface area contributed by atoms with Crippen molar-refractivity contribution in [1.82, 2.24) is 9.21 Å². The molecule has 3 fully saturated rings. The Morgan fingerprint density at radius 2 is 1.84 bits per heavy atom. The van der Waals surface area contributed by atoms with E-state index in [1.165, 1.54) is 12.8 Å². The van der Waals surface area contributed by atoms with Gasteiger partial charge in [-0.3, -0.25) is 0 Å². The van der Waals surface area contributed by atoms with Crippen LogP contribution in [0.1, 0.15) is 25.7 Å². The Kier molecular flexibility index (Phi) is 4.52. The van der Waals surface area contributed by atoms with E-state index in [0.29, 0.717) is 23.8 Å². The van der Waals surface area contributed by atoms with Crippen molar-refractivity contribution < 1.29 is 17.9 Å². The monoisotopic (exact) mass is 366 g/mol. The summed E-state index contributed by atoms with van der Waals surface area (Å²) in [5.74, 6) is 1.51. The molecule has 1 saturated carbocycles. The van der Waals surface area contributed by atoms with Crippen molar-refractivity contribution in [3.63, 3.8) is 0 Å². The Morgan fingerprint density at radius 3 is 2.44 bits per heavy atom. The number of rotatable bonds is 5. The summed E-state index contributed by atoms with van der Waals surface area (Å²) in [4.78, 5) is 2.77. The van der Waals surface area contributed by atoms with Crippen LogP contribution in [0, 0.1) is 5.92 Å². The summed E-state index contributed by atoms with van der Waals surface area (Å²) in [6.45, 7) is 3.87. The first kappa shape index (κ1) is 17.3. The molecule has 6 nitrogen and oxygen atoms in total. The summed E-state index contributed by atoms with van der Waals surface area (Å²) in [6, 6.07) is 6.61. The van der Waals surface area contributed by atoms with Gasteiger partial charge in [-0.05, 0) is 43.0 Å². The van der Waals surface area contributed by atoms with Crippen LogP contribution in [0.5, 0.6) is 5.75 Å². The summed E-state index contributed by atoms with van der Waals surface area (Å²) in [5, 5.41) is 0. The smallest absolute Gasteiger partial charge is 0.245 e. The topological polar surface area (TPSA) is 59.1 Å². The minimum absolute atomic E-state index is 0.304. The highest BCUT2D eigenvalue weighted by Crippen LogP contribution is 2.39. The van der Waals surface area contributed by atoms with Crippen molar-refractivity contribution in [1.29, 1.82) is 0 Å². The van der Waals surface area contributed by atoms with Crippen LogP contribution in [0.15, 0.2) is 29.2 Å². The van der Waals surface area contributed by atoms with Gasteiger partial charge in [-0.25, -0.2) is 8.42 Å². The predicted octanol–water partition coefficient (Wildman–Crippen LogP) is 1.92. The molecular weight excluding hydrogens is 340 g/mol.